The van der Waals surface area contributed by atoms with Gasteiger partial charge in [-0.2, -0.15) is 5.26 Å². The molecule has 0 aliphatic heterocycles. The van der Waals surface area contributed by atoms with Gasteiger partial charge in [0.2, 0.25) is 0 Å². The van der Waals surface area contributed by atoms with Crippen LogP contribution in [-0.2, 0) is 20.1 Å². The van der Waals surface area contributed by atoms with E-state index < -0.39 is 26.4 Å². The minimum absolute atomic E-state index is 0. The number of para-hydroxylation sites is 5. The molecule has 13 aromatic rings. The molecule has 0 aliphatic carbocycles. The van der Waals surface area contributed by atoms with Crippen molar-refractivity contribution in [2.75, 3.05) is 0 Å². The first-order valence-electron chi connectivity index (χ1n) is 30.6. The Balaban J connectivity index is 0.000000185. The normalized spacial score (nSPS) is 13.5. The van der Waals surface area contributed by atoms with E-state index in [-0.39, 0.29) is 65.7 Å². The molecule has 0 saturated heterocycles. The number of aromatic nitrogens is 4. The van der Waals surface area contributed by atoms with Crippen LogP contribution in [-0.4, -0.2) is 19.1 Å². The monoisotopic (exact) mass is 1230 g/mol. The van der Waals surface area contributed by atoms with Crippen molar-refractivity contribution in [3.63, 3.8) is 0 Å². The molecular weight excluding hydrogens is 1160 g/mol. The molecule has 1 radical (unpaired) electrons. The van der Waals surface area contributed by atoms with E-state index in [4.69, 9.17) is 26.7 Å². The summed E-state index contributed by atoms with van der Waals surface area (Å²) in [5.41, 5.74) is 14.2. The predicted molar refractivity (Wildman–Crippen MR) is 321 cm³/mol. The van der Waals surface area contributed by atoms with Crippen LogP contribution >= 0.6 is 0 Å². The van der Waals surface area contributed by atoms with Crippen molar-refractivity contribution in [3.05, 3.63) is 252 Å². The topological polar surface area (TPSA) is 72.6 Å². The molecule has 393 valence electrons. The van der Waals surface area contributed by atoms with Crippen molar-refractivity contribution in [1.82, 2.24) is 19.1 Å². The van der Waals surface area contributed by atoms with Crippen LogP contribution in [0.15, 0.2) is 205 Å². The number of benzene rings is 10. The van der Waals surface area contributed by atoms with Gasteiger partial charge in [0.1, 0.15) is 11.4 Å². The summed E-state index contributed by atoms with van der Waals surface area (Å²) in [4.78, 5) is 9.99. The third kappa shape index (κ3) is 9.64. The maximum atomic E-state index is 13.7. The van der Waals surface area contributed by atoms with Gasteiger partial charge in [0.25, 0.3) is 0 Å². The Bertz CT molecular complexity index is 4790. The summed E-state index contributed by atoms with van der Waals surface area (Å²) in [5.74, 6) is 0.968. The molecule has 0 N–H and O–H groups in total. The van der Waals surface area contributed by atoms with E-state index in [1.807, 2.05) is 60.7 Å². The van der Waals surface area contributed by atoms with Gasteiger partial charge in [0.15, 0.2) is 0 Å². The number of furan rings is 1. The molecule has 0 spiro atoms. The molecule has 3 aromatic heterocycles. The zero-order chi connectivity index (χ0) is 62.0. The number of nitrogens with zero attached hydrogens (tertiary/aromatic N) is 5. The van der Waals surface area contributed by atoms with Gasteiger partial charge in [0.05, 0.1) is 50.9 Å². The maximum absolute atomic E-state index is 13.7. The molecule has 0 unspecified atom stereocenters. The van der Waals surface area contributed by atoms with Crippen molar-refractivity contribution in [2.24, 2.45) is 0 Å². The Hall–Kier alpha value is -8.99. The number of halogens is 1. The van der Waals surface area contributed by atoms with Crippen LogP contribution in [0, 0.1) is 49.8 Å². The Morgan fingerprint density at radius 3 is 1.74 bits per heavy atom. The molecule has 80 heavy (non-hydrogen) atoms. The van der Waals surface area contributed by atoms with Gasteiger partial charge in [-0.3, -0.25) is 9.97 Å². The third-order valence-corrected chi connectivity index (χ3v) is 14.5. The van der Waals surface area contributed by atoms with Crippen molar-refractivity contribution < 1.29 is 41.2 Å². The quantitative estimate of drug-likeness (QED) is 0.135. The number of rotatable bonds is 9. The Kier molecular flexibility index (Phi) is 11.8. The number of nitriles is 1. The zero-order valence-corrected chi connectivity index (χ0v) is 46.5. The van der Waals surface area contributed by atoms with Gasteiger partial charge >= 0.3 is 0 Å². The molecule has 0 fully saturated rings. The second kappa shape index (κ2) is 22.0. The van der Waals surface area contributed by atoms with Crippen LogP contribution in [0.2, 0.25) is 0 Å². The van der Waals surface area contributed by atoms with Crippen LogP contribution in [0.1, 0.15) is 85.2 Å². The van der Waals surface area contributed by atoms with Crippen molar-refractivity contribution in [1.29, 1.82) is 5.26 Å². The minimum Gasteiger partial charge on any atom is -0.501 e. The van der Waals surface area contributed by atoms with Gasteiger partial charge in [-0.15, -0.1) is 47.5 Å². The van der Waals surface area contributed by atoms with Gasteiger partial charge in [0, 0.05) is 54.8 Å². The summed E-state index contributed by atoms with van der Waals surface area (Å²) in [6.45, 7) is 1.22. The molecule has 0 atom stereocenters. The Morgan fingerprint density at radius 1 is 0.550 bits per heavy atom. The van der Waals surface area contributed by atoms with Gasteiger partial charge in [-0.1, -0.05) is 166 Å². The van der Waals surface area contributed by atoms with Gasteiger partial charge < -0.3 is 13.6 Å². The molecule has 0 amide bonds. The standard InChI is InChI=1S/C44H34N3O.C28H22FN2.Ir/c1-27(2)35-22-31(29-14-7-5-8-15-29)23-36(28(3)4)42(35)47-40-21-12-11-20-39(40)46-44(47)34-19-13-18-33-38-24-32(26-45)37(25-41(38)48-43(33)34)30-16-9-6-10-17-30;1-18-11-12-22(17-24(18)21-13-15-23(29)16-14-21)28-30-25-9-4-5-10-26(25)31(28)27-19(2)7-6-8-20(27)3;/h5-18,20-25,27-28H,1-4H3;4-11,13-17H,1-3H3;/q2*-1;/i;1D3,2D3,3D3;. The summed E-state index contributed by atoms with van der Waals surface area (Å²) in [6.07, 6.45) is 0. The zero-order valence-electron chi connectivity index (χ0n) is 53.1. The van der Waals surface area contributed by atoms with E-state index in [0.717, 1.165) is 55.6 Å². The summed E-state index contributed by atoms with van der Waals surface area (Å²) in [5, 5.41) is 12.0. The van der Waals surface area contributed by atoms with Gasteiger partial charge in [-0.05, 0) is 131 Å². The fraction of sp³-hybridized carbons (Fsp3) is 0.125. The number of hydrogen-bond acceptors (Lipinski definition) is 4. The van der Waals surface area contributed by atoms with Crippen LogP contribution in [0.4, 0.5) is 4.39 Å². The average molecular weight is 1230 g/mol. The first kappa shape index (κ1) is 43.0. The van der Waals surface area contributed by atoms with Crippen molar-refractivity contribution in [3.8, 4) is 73.6 Å². The molecular formula is C72H56FIrN5O-2. The number of fused-ring (bicyclic) bond motifs is 5. The summed E-state index contributed by atoms with van der Waals surface area (Å²) < 4.78 is 97.4. The molecule has 0 bridgehead atoms. The fourth-order valence-electron chi connectivity index (χ4n) is 10.6. The summed E-state index contributed by atoms with van der Waals surface area (Å²) in [7, 11) is 0. The summed E-state index contributed by atoms with van der Waals surface area (Å²) in [6, 6.07) is 69.7. The number of imidazole rings is 2. The largest absolute Gasteiger partial charge is 0.501 e. The SMILES string of the molecule is CC(C)c1cc(-c2ccccc2)cc(C(C)C)c1-n1c(-c2[c-]ccc3c2oc2cc(-c4ccccc4)c(C#N)cc23)nc2ccccc21.[2H]C([2H])([2H])c1c[c-]c(-c2nc3ccccc3n2-c2c(C([2H])([2H])[2H])cccc2C([2H])([2H])[2H])cc1-c1ccc(F)cc1.[Ir]. The van der Waals surface area contributed by atoms with Crippen LogP contribution in [0.25, 0.3) is 112 Å². The minimum atomic E-state index is -2.66. The van der Waals surface area contributed by atoms with E-state index in [9.17, 15) is 9.65 Å². The van der Waals surface area contributed by atoms with Crippen molar-refractivity contribution >= 4 is 44.0 Å². The molecule has 3 heterocycles. The number of hydrogen-bond donors (Lipinski definition) is 0. The maximum Gasteiger partial charge on any atom is 0.123 e. The van der Waals surface area contributed by atoms with Crippen LogP contribution in [0.5, 0.6) is 0 Å². The van der Waals surface area contributed by atoms with E-state index in [2.05, 4.69) is 111 Å². The van der Waals surface area contributed by atoms with E-state index >= 15 is 0 Å². The summed E-state index contributed by atoms with van der Waals surface area (Å²) >= 11 is 0. The fourth-order valence-corrected chi connectivity index (χ4v) is 10.6. The second-order valence-electron chi connectivity index (χ2n) is 20.1. The van der Waals surface area contributed by atoms with E-state index in [0.29, 0.717) is 33.3 Å². The molecule has 13 rings (SSSR count). The molecule has 10 aromatic carbocycles. The Morgan fingerprint density at radius 2 is 1.12 bits per heavy atom. The average Bonchev–Trinajstić information content (AvgIpc) is 1.66. The van der Waals surface area contributed by atoms with Crippen LogP contribution < -0.4 is 0 Å². The van der Waals surface area contributed by atoms with Crippen LogP contribution in [0.3, 0.4) is 0 Å². The molecule has 6 nitrogen and oxygen atoms in total. The first-order valence-corrected chi connectivity index (χ1v) is 26.1. The molecule has 0 aliphatic rings. The van der Waals surface area contributed by atoms with E-state index in [1.54, 1.807) is 30.3 Å². The van der Waals surface area contributed by atoms with E-state index in [1.165, 1.54) is 75.4 Å². The first-order chi connectivity index (χ1) is 42.1. The second-order valence-corrected chi connectivity index (χ2v) is 20.1. The third-order valence-electron chi connectivity index (χ3n) is 14.5. The molecule has 0 saturated carbocycles. The van der Waals surface area contributed by atoms with Crippen molar-refractivity contribution in [2.45, 2.75) is 60.1 Å². The molecule has 8 heteroatoms. The Labute approximate surface area is 492 Å². The smallest absolute Gasteiger partial charge is 0.123 e. The van der Waals surface area contributed by atoms with Gasteiger partial charge in [-0.25, -0.2) is 4.39 Å². The number of aryl methyl sites for hydroxylation is 3. The predicted octanol–water partition coefficient (Wildman–Crippen LogP) is 19.1.